The molecule has 2 aromatic rings. The molecule has 4 rings (SSSR count). The predicted octanol–water partition coefficient (Wildman–Crippen LogP) is 5.10. The SMILES string of the molecule is CCC(C)C(=O)Nc1nc2c(nc1CC1CCCC1)-c1ccc(F)cc1CC2. The van der Waals surface area contributed by atoms with Crippen molar-refractivity contribution >= 4 is 11.7 Å². The molecule has 0 bridgehead atoms. The molecule has 1 atom stereocenters. The maximum Gasteiger partial charge on any atom is 0.228 e. The van der Waals surface area contributed by atoms with Crippen LogP contribution in [-0.2, 0) is 24.1 Å². The van der Waals surface area contributed by atoms with Crippen LogP contribution in [0.4, 0.5) is 10.2 Å². The van der Waals surface area contributed by atoms with Crippen molar-refractivity contribution in [2.45, 2.75) is 65.2 Å². The molecular formula is C23H28FN3O. The quantitative estimate of drug-likeness (QED) is 0.784. The van der Waals surface area contributed by atoms with Gasteiger partial charge in [-0.15, -0.1) is 0 Å². The van der Waals surface area contributed by atoms with Gasteiger partial charge in [0, 0.05) is 11.5 Å². The van der Waals surface area contributed by atoms with Crippen molar-refractivity contribution in [2.24, 2.45) is 11.8 Å². The number of anilines is 1. The van der Waals surface area contributed by atoms with E-state index in [9.17, 15) is 9.18 Å². The van der Waals surface area contributed by atoms with Crippen LogP contribution in [-0.4, -0.2) is 15.9 Å². The molecule has 28 heavy (non-hydrogen) atoms. The molecule has 1 heterocycles. The fourth-order valence-electron chi connectivity index (χ4n) is 4.30. The average molecular weight is 381 g/mol. The molecular weight excluding hydrogens is 353 g/mol. The van der Waals surface area contributed by atoms with Gasteiger partial charge in [0.2, 0.25) is 5.91 Å². The summed E-state index contributed by atoms with van der Waals surface area (Å²) in [6, 6.07) is 4.91. The molecule has 148 valence electrons. The van der Waals surface area contributed by atoms with E-state index in [-0.39, 0.29) is 17.6 Å². The smallest absolute Gasteiger partial charge is 0.228 e. The number of carbonyl (C=O) groups is 1. The summed E-state index contributed by atoms with van der Waals surface area (Å²) in [6.45, 7) is 3.95. The third-order valence-electron chi connectivity index (χ3n) is 6.25. The monoisotopic (exact) mass is 381 g/mol. The van der Waals surface area contributed by atoms with E-state index in [1.165, 1.54) is 31.7 Å². The van der Waals surface area contributed by atoms with E-state index in [2.05, 4.69) is 5.32 Å². The molecule has 1 aromatic carbocycles. The van der Waals surface area contributed by atoms with Crippen molar-refractivity contribution in [3.63, 3.8) is 0 Å². The lowest BCUT2D eigenvalue weighted by Gasteiger charge is -2.22. The number of nitrogens with one attached hydrogen (secondary N) is 1. The number of aryl methyl sites for hydroxylation is 2. The van der Waals surface area contributed by atoms with Gasteiger partial charge in [0.25, 0.3) is 0 Å². The summed E-state index contributed by atoms with van der Waals surface area (Å²) in [5.41, 5.74) is 4.59. The highest BCUT2D eigenvalue weighted by atomic mass is 19.1. The number of halogens is 1. The Hall–Kier alpha value is -2.30. The molecule has 1 amide bonds. The van der Waals surface area contributed by atoms with E-state index in [1.807, 2.05) is 19.9 Å². The molecule has 0 radical (unpaired) electrons. The lowest BCUT2D eigenvalue weighted by atomic mass is 9.91. The Morgan fingerprint density at radius 3 is 2.79 bits per heavy atom. The zero-order valence-corrected chi connectivity index (χ0v) is 16.7. The predicted molar refractivity (Wildman–Crippen MR) is 109 cm³/mol. The first-order valence-corrected chi connectivity index (χ1v) is 10.5. The summed E-state index contributed by atoms with van der Waals surface area (Å²) in [6.07, 6.45) is 8.04. The summed E-state index contributed by atoms with van der Waals surface area (Å²) in [7, 11) is 0. The summed E-state index contributed by atoms with van der Waals surface area (Å²) in [5, 5.41) is 3.05. The van der Waals surface area contributed by atoms with Crippen LogP contribution in [0.3, 0.4) is 0 Å². The lowest BCUT2D eigenvalue weighted by Crippen LogP contribution is -2.23. The van der Waals surface area contributed by atoms with Crippen molar-refractivity contribution in [3.05, 3.63) is 41.0 Å². The highest BCUT2D eigenvalue weighted by Gasteiger charge is 2.25. The van der Waals surface area contributed by atoms with Crippen molar-refractivity contribution in [1.29, 1.82) is 0 Å². The van der Waals surface area contributed by atoms with Gasteiger partial charge in [-0.2, -0.15) is 0 Å². The minimum Gasteiger partial charge on any atom is -0.309 e. The average Bonchev–Trinajstić information content (AvgIpc) is 3.20. The van der Waals surface area contributed by atoms with Crippen LogP contribution in [0.2, 0.25) is 0 Å². The van der Waals surface area contributed by atoms with Gasteiger partial charge in [0.05, 0.1) is 17.1 Å². The summed E-state index contributed by atoms with van der Waals surface area (Å²) < 4.78 is 13.7. The van der Waals surface area contributed by atoms with Crippen LogP contribution in [0.25, 0.3) is 11.3 Å². The number of rotatable bonds is 5. The van der Waals surface area contributed by atoms with Gasteiger partial charge >= 0.3 is 0 Å². The molecule has 2 aliphatic carbocycles. The number of amides is 1. The van der Waals surface area contributed by atoms with Gasteiger partial charge in [-0.3, -0.25) is 4.79 Å². The Balaban J connectivity index is 1.73. The number of hydrogen-bond donors (Lipinski definition) is 1. The molecule has 1 aromatic heterocycles. The van der Waals surface area contributed by atoms with Crippen LogP contribution in [0, 0.1) is 17.7 Å². The second-order valence-corrected chi connectivity index (χ2v) is 8.27. The minimum atomic E-state index is -0.209. The normalized spacial score (nSPS) is 17.1. The van der Waals surface area contributed by atoms with Crippen LogP contribution < -0.4 is 5.32 Å². The molecule has 0 saturated heterocycles. The summed E-state index contributed by atoms with van der Waals surface area (Å²) in [5.74, 6) is 0.965. The Morgan fingerprint density at radius 1 is 1.25 bits per heavy atom. The zero-order chi connectivity index (χ0) is 19.7. The maximum atomic E-state index is 13.7. The van der Waals surface area contributed by atoms with Gasteiger partial charge in [-0.1, -0.05) is 39.5 Å². The Morgan fingerprint density at radius 2 is 2.04 bits per heavy atom. The van der Waals surface area contributed by atoms with Crippen LogP contribution >= 0.6 is 0 Å². The molecule has 1 fully saturated rings. The van der Waals surface area contributed by atoms with E-state index in [1.54, 1.807) is 6.07 Å². The largest absolute Gasteiger partial charge is 0.309 e. The summed E-state index contributed by atoms with van der Waals surface area (Å²) in [4.78, 5) is 22.3. The van der Waals surface area contributed by atoms with Crippen LogP contribution in [0.5, 0.6) is 0 Å². The Bertz CT molecular complexity index is 890. The van der Waals surface area contributed by atoms with E-state index >= 15 is 0 Å². The van der Waals surface area contributed by atoms with E-state index in [0.717, 1.165) is 47.5 Å². The number of aromatic nitrogens is 2. The van der Waals surface area contributed by atoms with E-state index in [0.29, 0.717) is 18.2 Å². The molecule has 1 unspecified atom stereocenters. The third-order valence-corrected chi connectivity index (χ3v) is 6.25. The number of hydrogen-bond acceptors (Lipinski definition) is 3. The van der Waals surface area contributed by atoms with Gasteiger partial charge in [0.15, 0.2) is 5.82 Å². The van der Waals surface area contributed by atoms with E-state index in [4.69, 9.17) is 9.97 Å². The van der Waals surface area contributed by atoms with Crippen molar-refractivity contribution < 1.29 is 9.18 Å². The summed E-state index contributed by atoms with van der Waals surface area (Å²) >= 11 is 0. The van der Waals surface area contributed by atoms with E-state index < -0.39 is 0 Å². The number of nitrogens with zero attached hydrogens (tertiary/aromatic N) is 2. The first-order chi connectivity index (χ1) is 13.5. The second kappa shape index (κ2) is 7.98. The van der Waals surface area contributed by atoms with Crippen molar-refractivity contribution in [2.75, 3.05) is 5.32 Å². The fraction of sp³-hybridized carbons (Fsp3) is 0.522. The Labute approximate surface area is 166 Å². The lowest BCUT2D eigenvalue weighted by molar-refractivity contribution is -0.119. The third kappa shape index (κ3) is 3.80. The van der Waals surface area contributed by atoms with Gasteiger partial charge in [-0.05, 0) is 55.4 Å². The molecule has 4 nitrogen and oxygen atoms in total. The minimum absolute atomic E-state index is 0.00250. The zero-order valence-electron chi connectivity index (χ0n) is 16.7. The Kier molecular flexibility index (Phi) is 5.42. The van der Waals surface area contributed by atoms with Crippen molar-refractivity contribution in [3.8, 4) is 11.3 Å². The molecule has 1 N–H and O–H groups in total. The van der Waals surface area contributed by atoms with Crippen LogP contribution in [0.1, 0.15) is 62.9 Å². The highest BCUT2D eigenvalue weighted by molar-refractivity contribution is 5.92. The van der Waals surface area contributed by atoms with Gasteiger partial charge < -0.3 is 5.32 Å². The van der Waals surface area contributed by atoms with Gasteiger partial charge in [0.1, 0.15) is 5.82 Å². The van der Waals surface area contributed by atoms with Gasteiger partial charge in [-0.25, -0.2) is 14.4 Å². The molecule has 2 aliphatic rings. The standard InChI is InChI=1S/C23H28FN3O/c1-3-14(2)23(28)27-22-20(12-15-6-4-5-7-15)25-21-18-10-9-17(24)13-16(18)8-11-19(21)26-22/h9-10,13-15H,3-8,11-12H2,1-2H3,(H,26,27,28). The fourth-order valence-corrected chi connectivity index (χ4v) is 4.30. The van der Waals surface area contributed by atoms with Crippen molar-refractivity contribution in [1.82, 2.24) is 9.97 Å². The second-order valence-electron chi connectivity index (χ2n) is 8.27. The topological polar surface area (TPSA) is 54.9 Å². The van der Waals surface area contributed by atoms with Crippen LogP contribution in [0.15, 0.2) is 18.2 Å². The number of carbonyl (C=O) groups excluding carboxylic acids is 1. The first-order valence-electron chi connectivity index (χ1n) is 10.5. The molecule has 1 saturated carbocycles. The molecule has 0 spiro atoms. The highest BCUT2D eigenvalue weighted by Crippen LogP contribution is 2.35. The number of fused-ring (bicyclic) bond motifs is 3. The maximum absolute atomic E-state index is 13.7. The molecule has 5 heteroatoms. The molecule has 0 aliphatic heterocycles. The first kappa shape index (κ1) is 19.0. The number of benzene rings is 1.